The lowest BCUT2D eigenvalue weighted by molar-refractivity contribution is 0.324. The molecule has 0 radical (unpaired) electrons. The van der Waals surface area contributed by atoms with Gasteiger partial charge in [0.1, 0.15) is 5.52 Å². The molecule has 0 atom stereocenters. The third-order valence-corrected chi connectivity index (χ3v) is 3.76. The summed E-state index contributed by atoms with van der Waals surface area (Å²) in [6, 6.07) is 0. The number of anilines is 1. The van der Waals surface area contributed by atoms with Gasteiger partial charge in [0, 0.05) is 20.1 Å². The van der Waals surface area contributed by atoms with Crippen molar-refractivity contribution in [1.29, 1.82) is 0 Å². The molecule has 2 aromatic heterocycles. The molecular weight excluding hydrogens is 228 g/mol. The molecule has 0 spiro atoms. The summed E-state index contributed by atoms with van der Waals surface area (Å²) < 4.78 is 3.95. The van der Waals surface area contributed by atoms with Gasteiger partial charge in [-0.3, -0.25) is 9.25 Å². The SMILES string of the molecule is Cc1nn(C)c2c1nc(N)n2CCN1CCCC1. The highest BCUT2D eigenvalue weighted by atomic mass is 15.4. The normalized spacial score (nSPS) is 17.0. The minimum Gasteiger partial charge on any atom is -0.369 e. The quantitative estimate of drug-likeness (QED) is 0.871. The molecule has 18 heavy (non-hydrogen) atoms. The number of rotatable bonds is 3. The fourth-order valence-electron chi connectivity index (χ4n) is 2.82. The number of aryl methyl sites for hydroxylation is 2. The molecular formula is C12H20N6. The zero-order valence-electron chi connectivity index (χ0n) is 11.1. The summed E-state index contributed by atoms with van der Waals surface area (Å²) in [6.45, 7) is 6.32. The highest BCUT2D eigenvalue weighted by molar-refractivity contribution is 5.77. The van der Waals surface area contributed by atoms with E-state index in [0.29, 0.717) is 5.95 Å². The first-order valence-corrected chi connectivity index (χ1v) is 6.54. The van der Waals surface area contributed by atoms with Crippen LogP contribution < -0.4 is 5.73 Å². The third-order valence-electron chi connectivity index (χ3n) is 3.76. The van der Waals surface area contributed by atoms with E-state index in [-0.39, 0.29) is 0 Å². The second-order valence-corrected chi connectivity index (χ2v) is 5.05. The second kappa shape index (κ2) is 4.28. The van der Waals surface area contributed by atoms with E-state index in [0.717, 1.165) is 29.9 Å². The summed E-state index contributed by atoms with van der Waals surface area (Å²) in [5, 5.41) is 4.40. The number of fused-ring (bicyclic) bond motifs is 1. The van der Waals surface area contributed by atoms with E-state index in [4.69, 9.17) is 5.73 Å². The molecule has 2 N–H and O–H groups in total. The summed E-state index contributed by atoms with van der Waals surface area (Å²) in [5.41, 5.74) is 8.92. The van der Waals surface area contributed by atoms with Crippen molar-refractivity contribution in [3.05, 3.63) is 5.69 Å². The minimum atomic E-state index is 0.597. The predicted octanol–water partition coefficient (Wildman–Crippen LogP) is 0.756. The van der Waals surface area contributed by atoms with Crippen molar-refractivity contribution in [3.63, 3.8) is 0 Å². The van der Waals surface area contributed by atoms with Crippen LogP contribution in [0.25, 0.3) is 11.2 Å². The molecule has 1 saturated heterocycles. The Bertz CT molecular complexity index is 561. The fraction of sp³-hybridized carbons (Fsp3) is 0.667. The molecule has 0 amide bonds. The Hall–Kier alpha value is -1.56. The number of imidazole rings is 1. The molecule has 3 rings (SSSR count). The van der Waals surface area contributed by atoms with Crippen molar-refractivity contribution in [3.8, 4) is 0 Å². The van der Waals surface area contributed by atoms with Crippen LogP contribution in [0.4, 0.5) is 5.95 Å². The molecule has 1 fully saturated rings. The van der Waals surface area contributed by atoms with Crippen LogP contribution in [0, 0.1) is 6.92 Å². The van der Waals surface area contributed by atoms with Gasteiger partial charge >= 0.3 is 0 Å². The molecule has 0 saturated carbocycles. The van der Waals surface area contributed by atoms with Crippen molar-refractivity contribution in [2.24, 2.45) is 7.05 Å². The maximum Gasteiger partial charge on any atom is 0.202 e. The summed E-state index contributed by atoms with van der Waals surface area (Å²) in [4.78, 5) is 6.90. The van der Waals surface area contributed by atoms with Gasteiger partial charge in [-0.2, -0.15) is 5.10 Å². The van der Waals surface area contributed by atoms with Crippen molar-refractivity contribution in [1.82, 2.24) is 24.2 Å². The Kier molecular flexibility index (Phi) is 2.74. The van der Waals surface area contributed by atoms with E-state index in [1.165, 1.54) is 25.9 Å². The average Bonchev–Trinajstić information content (AvgIpc) is 2.98. The predicted molar refractivity (Wildman–Crippen MR) is 71.3 cm³/mol. The first-order valence-electron chi connectivity index (χ1n) is 6.54. The van der Waals surface area contributed by atoms with Gasteiger partial charge in [0.15, 0.2) is 5.65 Å². The highest BCUT2D eigenvalue weighted by Crippen LogP contribution is 2.20. The first kappa shape index (κ1) is 11.5. The van der Waals surface area contributed by atoms with Crippen LogP contribution in [-0.4, -0.2) is 43.9 Å². The van der Waals surface area contributed by atoms with Crippen LogP contribution in [-0.2, 0) is 13.6 Å². The lowest BCUT2D eigenvalue weighted by atomic mass is 10.4. The lowest BCUT2D eigenvalue weighted by Crippen LogP contribution is -2.24. The van der Waals surface area contributed by atoms with E-state index in [1.54, 1.807) is 0 Å². The van der Waals surface area contributed by atoms with E-state index in [2.05, 4.69) is 19.5 Å². The van der Waals surface area contributed by atoms with Gasteiger partial charge in [0.2, 0.25) is 5.95 Å². The number of nitrogens with zero attached hydrogens (tertiary/aromatic N) is 5. The first-order chi connectivity index (χ1) is 8.66. The van der Waals surface area contributed by atoms with Gasteiger partial charge < -0.3 is 10.6 Å². The van der Waals surface area contributed by atoms with Gasteiger partial charge in [0.25, 0.3) is 0 Å². The number of aromatic nitrogens is 4. The Balaban J connectivity index is 1.88. The summed E-state index contributed by atoms with van der Waals surface area (Å²) >= 11 is 0. The van der Waals surface area contributed by atoms with Crippen molar-refractivity contribution < 1.29 is 0 Å². The molecule has 6 nitrogen and oxygen atoms in total. The second-order valence-electron chi connectivity index (χ2n) is 5.05. The number of hydrogen-bond acceptors (Lipinski definition) is 4. The summed E-state index contributed by atoms with van der Waals surface area (Å²) in [7, 11) is 1.95. The van der Waals surface area contributed by atoms with Crippen LogP contribution in [0.2, 0.25) is 0 Å². The smallest absolute Gasteiger partial charge is 0.202 e. The number of likely N-dealkylation sites (tertiary alicyclic amines) is 1. The van der Waals surface area contributed by atoms with E-state index >= 15 is 0 Å². The van der Waals surface area contributed by atoms with Crippen molar-refractivity contribution in [2.75, 3.05) is 25.4 Å². The van der Waals surface area contributed by atoms with Crippen LogP contribution in [0.5, 0.6) is 0 Å². The molecule has 1 aliphatic rings. The van der Waals surface area contributed by atoms with Crippen LogP contribution in [0.15, 0.2) is 0 Å². The minimum absolute atomic E-state index is 0.597. The fourth-order valence-corrected chi connectivity index (χ4v) is 2.82. The molecule has 2 aromatic rings. The van der Waals surface area contributed by atoms with Gasteiger partial charge in [-0.05, 0) is 32.9 Å². The largest absolute Gasteiger partial charge is 0.369 e. The van der Waals surface area contributed by atoms with Gasteiger partial charge in [0.05, 0.1) is 5.69 Å². The Morgan fingerprint density at radius 1 is 1.22 bits per heavy atom. The summed E-state index contributed by atoms with van der Waals surface area (Å²) in [5.74, 6) is 0.597. The Morgan fingerprint density at radius 2 is 1.94 bits per heavy atom. The molecule has 1 aliphatic heterocycles. The van der Waals surface area contributed by atoms with E-state index in [1.807, 2.05) is 18.7 Å². The number of hydrogen-bond donors (Lipinski definition) is 1. The zero-order valence-corrected chi connectivity index (χ0v) is 11.1. The Labute approximate surface area is 106 Å². The monoisotopic (exact) mass is 248 g/mol. The van der Waals surface area contributed by atoms with Crippen molar-refractivity contribution in [2.45, 2.75) is 26.3 Å². The third kappa shape index (κ3) is 1.77. The molecule has 0 bridgehead atoms. The molecule has 0 aliphatic carbocycles. The van der Waals surface area contributed by atoms with Gasteiger partial charge in [-0.1, -0.05) is 0 Å². The highest BCUT2D eigenvalue weighted by Gasteiger charge is 2.17. The van der Waals surface area contributed by atoms with Crippen LogP contribution in [0.3, 0.4) is 0 Å². The molecule has 6 heteroatoms. The summed E-state index contributed by atoms with van der Waals surface area (Å²) in [6.07, 6.45) is 2.64. The van der Waals surface area contributed by atoms with Crippen molar-refractivity contribution >= 4 is 17.1 Å². The van der Waals surface area contributed by atoms with Crippen LogP contribution in [0.1, 0.15) is 18.5 Å². The number of nitrogens with two attached hydrogens (primary N) is 1. The van der Waals surface area contributed by atoms with Gasteiger partial charge in [-0.25, -0.2) is 4.98 Å². The molecule has 98 valence electrons. The topological polar surface area (TPSA) is 64.9 Å². The maximum atomic E-state index is 6.01. The molecule has 3 heterocycles. The lowest BCUT2D eigenvalue weighted by Gasteiger charge is -2.15. The Morgan fingerprint density at radius 3 is 2.67 bits per heavy atom. The zero-order chi connectivity index (χ0) is 12.7. The maximum absolute atomic E-state index is 6.01. The van der Waals surface area contributed by atoms with Gasteiger partial charge in [-0.15, -0.1) is 0 Å². The average molecular weight is 248 g/mol. The molecule has 0 unspecified atom stereocenters. The van der Waals surface area contributed by atoms with E-state index in [9.17, 15) is 0 Å². The standard InChI is InChI=1S/C12H20N6/c1-9-10-11(16(2)15-9)18(12(13)14-10)8-7-17-5-3-4-6-17/h3-8H2,1-2H3,(H2,13,14). The molecule has 0 aromatic carbocycles. The van der Waals surface area contributed by atoms with E-state index < -0.39 is 0 Å². The van der Waals surface area contributed by atoms with Crippen LogP contribution >= 0.6 is 0 Å². The number of nitrogen functional groups attached to an aromatic ring is 1.